The molecule has 2 rings (SSSR count). The van der Waals surface area contributed by atoms with Gasteiger partial charge in [-0.05, 0) is 52.2 Å². The maximum absolute atomic E-state index is 6.86. The van der Waals surface area contributed by atoms with Crippen LogP contribution >= 0.6 is 0 Å². The second-order valence-electron chi connectivity index (χ2n) is 10.5. The highest BCUT2D eigenvalue weighted by atomic mass is 28.4. The third-order valence-corrected chi connectivity index (χ3v) is 10.5. The molecule has 27 heavy (non-hydrogen) atoms. The molecule has 6 heteroatoms. The van der Waals surface area contributed by atoms with Crippen LogP contribution < -0.4 is 0 Å². The molecule has 0 aromatic rings. The zero-order valence-corrected chi connectivity index (χ0v) is 20.2. The van der Waals surface area contributed by atoms with E-state index in [1.54, 1.807) is 0 Å². The molecule has 2 aliphatic rings. The SMILES string of the molecule is CCCC[C@H](O[Si](C)(C)C(C)(C)C)[C@H]1OC(C)(C)O[C@@H]1[C@H]1COC(C)(C)O1. The van der Waals surface area contributed by atoms with Crippen LogP contribution in [0.2, 0.25) is 18.1 Å². The van der Waals surface area contributed by atoms with E-state index in [0.29, 0.717) is 6.61 Å². The Morgan fingerprint density at radius 3 is 2.15 bits per heavy atom. The van der Waals surface area contributed by atoms with Gasteiger partial charge >= 0.3 is 0 Å². The van der Waals surface area contributed by atoms with E-state index in [1.165, 1.54) is 0 Å². The summed E-state index contributed by atoms with van der Waals surface area (Å²) in [5.41, 5.74) is 0. The molecule has 0 aliphatic carbocycles. The van der Waals surface area contributed by atoms with Crippen molar-refractivity contribution in [3.63, 3.8) is 0 Å². The summed E-state index contributed by atoms with van der Waals surface area (Å²) in [5, 5.41) is 0.150. The van der Waals surface area contributed by atoms with Gasteiger partial charge in [-0.15, -0.1) is 0 Å². The summed E-state index contributed by atoms with van der Waals surface area (Å²) in [6, 6.07) is 0. The molecular weight excluding hydrogens is 360 g/mol. The van der Waals surface area contributed by atoms with E-state index in [9.17, 15) is 0 Å². The lowest BCUT2D eigenvalue weighted by Crippen LogP contribution is -2.51. The van der Waals surface area contributed by atoms with Crippen molar-refractivity contribution >= 4 is 8.32 Å². The monoisotopic (exact) mass is 402 g/mol. The summed E-state index contributed by atoms with van der Waals surface area (Å²) in [6.07, 6.45) is 2.75. The maximum atomic E-state index is 6.86. The van der Waals surface area contributed by atoms with E-state index in [4.69, 9.17) is 23.4 Å². The fourth-order valence-corrected chi connectivity index (χ4v) is 4.88. The zero-order chi connectivity index (χ0) is 20.7. The lowest BCUT2D eigenvalue weighted by Gasteiger charge is -2.41. The van der Waals surface area contributed by atoms with Gasteiger partial charge in [-0.1, -0.05) is 40.5 Å². The van der Waals surface area contributed by atoms with Crippen LogP contribution in [0.3, 0.4) is 0 Å². The molecule has 4 atom stereocenters. The van der Waals surface area contributed by atoms with Gasteiger partial charge in [0.1, 0.15) is 18.3 Å². The van der Waals surface area contributed by atoms with Gasteiger partial charge in [0, 0.05) is 0 Å². The Hall–Kier alpha value is 0.0169. The normalized spacial score (nSPS) is 32.0. The molecule has 2 aliphatic heterocycles. The third kappa shape index (κ3) is 5.77. The van der Waals surface area contributed by atoms with Crippen molar-refractivity contribution in [1.29, 1.82) is 0 Å². The summed E-state index contributed by atoms with van der Waals surface area (Å²) < 4.78 is 31.5. The average molecular weight is 403 g/mol. The smallest absolute Gasteiger partial charge is 0.192 e. The Labute approximate surface area is 167 Å². The van der Waals surface area contributed by atoms with Gasteiger partial charge in [0.05, 0.1) is 12.7 Å². The minimum absolute atomic E-state index is 0.00456. The Morgan fingerprint density at radius 2 is 1.67 bits per heavy atom. The third-order valence-electron chi connectivity index (χ3n) is 6.02. The van der Waals surface area contributed by atoms with E-state index in [-0.39, 0.29) is 29.5 Å². The Kier molecular flexibility index (Phi) is 6.93. The number of hydrogen-bond donors (Lipinski definition) is 0. The summed E-state index contributed by atoms with van der Waals surface area (Å²) >= 11 is 0. The van der Waals surface area contributed by atoms with Crippen LogP contribution in [0.5, 0.6) is 0 Å². The van der Waals surface area contributed by atoms with Gasteiger partial charge in [-0.25, -0.2) is 0 Å². The number of unbranched alkanes of at least 4 members (excludes halogenated alkanes) is 1. The summed E-state index contributed by atoms with van der Waals surface area (Å²) in [7, 11) is -1.94. The van der Waals surface area contributed by atoms with Crippen molar-refractivity contribution in [2.75, 3.05) is 6.61 Å². The second kappa shape index (κ2) is 8.03. The predicted molar refractivity (Wildman–Crippen MR) is 110 cm³/mol. The molecule has 5 nitrogen and oxygen atoms in total. The second-order valence-corrected chi connectivity index (χ2v) is 15.2. The molecule has 0 unspecified atom stereocenters. The fourth-order valence-electron chi connectivity index (χ4n) is 3.52. The van der Waals surface area contributed by atoms with Crippen molar-refractivity contribution in [1.82, 2.24) is 0 Å². The molecule has 0 aromatic heterocycles. The zero-order valence-electron chi connectivity index (χ0n) is 19.2. The molecule has 0 saturated carbocycles. The number of ether oxygens (including phenoxy) is 4. The minimum atomic E-state index is -1.94. The molecule has 0 aromatic carbocycles. The largest absolute Gasteiger partial charge is 0.411 e. The van der Waals surface area contributed by atoms with E-state index in [2.05, 4.69) is 40.8 Å². The van der Waals surface area contributed by atoms with Crippen molar-refractivity contribution in [3.05, 3.63) is 0 Å². The Balaban J connectivity index is 2.25. The predicted octanol–water partition coefficient (Wildman–Crippen LogP) is 5.24. The lowest BCUT2D eigenvalue weighted by atomic mass is 9.99. The standard InChI is InChI=1S/C21H42O5Si/c1-11-12-13-15(26-27(9,10)19(2,3)4)17-18(25-21(7,8)24-17)16-14-22-20(5,6)23-16/h15-18H,11-14H2,1-10H3/t15-,16+,17+,18+/m0/s1. The van der Waals surface area contributed by atoms with Gasteiger partial charge in [0.15, 0.2) is 19.9 Å². The van der Waals surface area contributed by atoms with Crippen LogP contribution in [-0.2, 0) is 23.4 Å². The van der Waals surface area contributed by atoms with E-state index in [1.807, 2.05) is 27.7 Å². The van der Waals surface area contributed by atoms with E-state index in [0.717, 1.165) is 19.3 Å². The first-order chi connectivity index (χ1) is 12.2. The highest BCUT2D eigenvalue weighted by Gasteiger charge is 2.53. The van der Waals surface area contributed by atoms with Gasteiger partial charge in [-0.3, -0.25) is 0 Å². The van der Waals surface area contributed by atoms with Crippen molar-refractivity contribution < 1.29 is 23.4 Å². The Bertz CT molecular complexity index is 497. The molecular formula is C21H42O5Si. The minimum Gasteiger partial charge on any atom is -0.411 e. The van der Waals surface area contributed by atoms with Gasteiger partial charge in [0.25, 0.3) is 0 Å². The van der Waals surface area contributed by atoms with Crippen LogP contribution in [0.15, 0.2) is 0 Å². The number of rotatable bonds is 7. The molecule has 0 N–H and O–H groups in total. The molecule has 0 radical (unpaired) electrons. The van der Waals surface area contributed by atoms with Gasteiger partial charge in [0.2, 0.25) is 0 Å². The highest BCUT2D eigenvalue weighted by molar-refractivity contribution is 6.74. The Morgan fingerprint density at radius 1 is 1.04 bits per heavy atom. The van der Waals surface area contributed by atoms with E-state index < -0.39 is 19.9 Å². The molecule has 0 bridgehead atoms. The maximum Gasteiger partial charge on any atom is 0.192 e. The van der Waals surface area contributed by atoms with E-state index >= 15 is 0 Å². The van der Waals surface area contributed by atoms with Crippen molar-refractivity contribution in [2.45, 2.75) is 129 Å². The first-order valence-electron chi connectivity index (χ1n) is 10.5. The fraction of sp³-hybridized carbons (Fsp3) is 1.00. The van der Waals surface area contributed by atoms with Crippen LogP contribution in [-0.4, -0.2) is 50.9 Å². The summed E-state index contributed by atoms with van der Waals surface area (Å²) in [4.78, 5) is 0. The number of hydrogen-bond acceptors (Lipinski definition) is 5. The first kappa shape index (κ1) is 23.3. The molecule has 160 valence electrons. The van der Waals surface area contributed by atoms with Crippen LogP contribution in [0.25, 0.3) is 0 Å². The lowest BCUT2D eigenvalue weighted by molar-refractivity contribution is -0.175. The summed E-state index contributed by atoms with van der Waals surface area (Å²) in [6.45, 7) is 22.0. The topological polar surface area (TPSA) is 46.2 Å². The van der Waals surface area contributed by atoms with Crippen LogP contribution in [0.4, 0.5) is 0 Å². The molecule has 0 spiro atoms. The highest BCUT2D eigenvalue weighted by Crippen LogP contribution is 2.42. The quantitative estimate of drug-likeness (QED) is 0.545. The van der Waals surface area contributed by atoms with Crippen molar-refractivity contribution in [2.24, 2.45) is 0 Å². The van der Waals surface area contributed by atoms with Gasteiger partial charge in [-0.2, -0.15) is 0 Å². The first-order valence-corrected chi connectivity index (χ1v) is 13.4. The van der Waals surface area contributed by atoms with Gasteiger partial charge < -0.3 is 23.4 Å². The molecule has 2 saturated heterocycles. The van der Waals surface area contributed by atoms with Crippen LogP contribution in [0, 0.1) is 0 Å². The average Bonchev–Trinajstić information content (AvgIpc) is 3.01. The molecule has 0 amide bonds. The van der Waals surface area contributed by atoms with Crippen LogP contribution in [0.1, 0.15) is 74.7 Å². The van der Waals surface area contributed by atoms with Crippen molar-refractivity contribution in [3.8, 4) is 0 Å². The molecule has 2 heterocycles. The summed E-state index contributed by atoms with van der Waals surface area (Å²) in [5.74, 6) is -1.23. The molecule has 2 fully saturated rings.